The van der Waals surface area contributed by atoms with E-state index in [0.717, 1.165) is 25.8 Å². The van der Waals surface area contributed by atoms with E-state index in [9.17, 15) is 13.2 Å². The van der Waals surface area contributed by atoms with Gasteiger partial charge in [-0.1, -0.05) is 18.0 Å². The number of carbonyl (C=O) groups is 1. The molecule has 1 aliphatic heterocycles. The molecule has 8 heteroatoms. The number of hydrogen-bond acceptors (Lipinski definition) is 4. The van der Waals surface area contributed by atoms with Crippen LogP contribution in [0.2, 0.25) is 5.02 Å². The Kier molecular flexibility index (Phi) is 6.60. The van der Waals surface area contributed by atoms with Crippen LogP contribution in [0.1, 0.15) is 37.7 Å². The average Bonchev–Trinajstić information content (AvgIpc) is 2.76. The minimum Gasteiger partial charge on any atom is -0.343 e. The van der Waals surface area contributed by atoms with E-state index >= 15 is 0 Å². The van der Waals surface area contributed by atoms with Gasteiger partial charge in [-0.05, 0) is 37.5 Å². The smallest absolute Gasteiger partial charge is 0.240 e. The third kappa shape index (κ3) is 4.94. The molecule has 0 radical (unpaired) electrons. The zero-order chi connectivity index (χ0) is 17.6. The summed E-state index contributed by atoms with van der Waals surface area (Å²) in [4.78, 5) is 13.7. The van der Waals surface area contributed by atoms with E-state index in [0.29, 0.717) is 19.4 Å². The third-order valence-corrected chi connectivity index (χ3v) is 5.71. The van der Waals surface area contributed by atoms with Crippen molar-refractivity contribution in [2.45, 2.75) is 37.0 Å². The maximum Gasteiger partial charge on any atom is 0.240 e. The van der Waals surface area contributed by atoms with E-state index in [1.165, 1.54) is 18.2 Å². The Bertz CT molecular complexity index is 743. The first kappa shape index (κ1) is 18.7. The number of carbonyl (C=O) groups excluding carboxylic acids is 1. The van der Waals surface area contributed by atoms with Gasteiger partial charge in [0.05, 0.1) is 15.5 Å². The zero-order valence-electron chi connectivity index (χ0n) is 13.3. The van der Waals surface area contributed by atoms with Crippen LogP contribution >= 0.6 is 11.6 Å². The summed E-state index contributed by atoms with van der Waals surface area (Å²) in [6.45, 7) is 1.54. The summed E-state index contributed by atoms with van der Waals surface area (Å²) in [6.07, 6.45) is 4.13. The number of likely N-dealkylation sites (tertiary alicyclic amines) is 1. The molecule has 24 heavy (non-hydrogen) atoms. The van der Waals surface area contributed by atoms with Crippen molar-refractivity contribution in [3.63, 3.8) is 0 Å². The molecular weight excluding hydrogens is 350 g/mol. The summed E-state index contributed by atoms with van der Waals surface area (Å²) in [6, 6.07) is 5.89. The summed E-state index contributed by atoms with van der Waals surface area (Å²) in [7, 11) is -3.68. The highest BCUT2D eigenvalue weighted by Gasteiger charge is 2.18. The molecule has 0 atom stereocenters. The van der Waals surface area contributed by atoms with Crippen molar-refractivity contribution in [1.29, 1.82) is 5.26 Å². The maximum absolute atomic E-state index is 12.2. The van der Waals surface area contributed by atoms with Crippen molar-refractivity contribution < 1.29 is 13.2 Å². The Hall–Kier alpha value is -1.62. The Morgan fingerprint density at radius 2 is 2.08 bits per heavy atom. The molecule has 1 saturated heterocycles. The second kappa shape index (κ2) is 8.47. The van der Waals surface area contributed by atoms with Crippen molar-refractivity contribution in [1.82, 2.24) is 9.62 Å². The van der Waals surface area contributed by atoms with Gasteiger partial charge < -0.3 is 4.90 Å². The van der Waals surface area contributed by atoms with Gasteiger partial charge in [0, 0.05) is 26.1 Å². The highest BCUT2D eigenvalue weighted by atomic mass is 35.5. The molecule has 0 aliphatic carbocycles. The van der Waals surface area contributed by atoms with E-state index in [1.807, 2.05) is 6.07 Å². The molecule has 1 fully saturated rings. The van der Waals surface area contributed by atoms with Gasteiger partial charge in [0.15, 0.2) is 0 Å². The number of benzene rings is 1. The molecule has 6 nitrogen and oxygen atoms in total. The van der Waals surface area contributed by atoms with Crippen molar-refractivity contribution in [3.8, 4) is 6.07 Å². The monoisotopic (exact) mass is 369 g/mol. The topological polar surface area (TPSA) is 90.3 Å². The lowest BCUT2D eigenvalue weighted by molar-refractivity contribution is -0.130. The first-order valence-electron chi connectivity index (χ1n) is 7.91. The molecule has 0 saturated carbocycles. The minimum absolute atomic E-state index is 0.0253. The molecule has 1 aliphatic rings. The van der Waals surface area contributed by atoms with E-state index < -0.39 is 10.0 Å². The normalized spacial score (nSPS) is 15.8. The predicted molar refractivity (Wildman–Crippen MR) is 91.0 cm³/mol. The lowest BCUT2D eigenvalue weighted by Gasteiger charge is -2.20. The Labute approximate surface area is 147 Å². The molecule has 1 heterocycles. The quantitative estimate of drug-likeness (QED) is 0.779. The largest absolute Gasteiger partial charge is 0.343 e. The Morgan fingerprint density at radius 3 is 2.79 bits per heavy atom. The maximum atomic E-state index is 12.2. The van der Waals surface area contributed by atoms with Crippen molar-refractivity contribution >= 4 is 27.5 Å². The number of halogens is 1. The van der Waals surface area contributed by atoms with Gasteiger partial charge >= 0.3 is 0 Å². The lowest BCUT2D eigenvalue weighted by Crippen LogP contribution is -2.34. The van der Waals surface area contributed by atoms with E-state index in [4.69, 9.17) is 16.9 Å². The van der Waals surface area contributed by atoms with Crippen LogP contribution in [0.15, 0.2) is 23.1 Å². The first-order valence-corrected chi connectivity index (χ1v) is 9.77. The fourth-order valence-corrected chi connectivity index (χ4v) is 3.98. The van der Waals surface area contributed by atoms with Gasteiger partial charge in [-0.25, -0.2) is 13.1 Å². The van der Waals surface area contributed by atoms with E-state index in [1.54, 1.807) is 4.90 Å². The minimum atomic E-state index is -3.68. The zero-order valence-corrected chi connectivity index (χ0v) is 14.9. The number of sulfonamides is 1. The molecule has 1 aromatic carbocycles. The number of rotatable bonds is 6. The summed E-state index contributed by atoms with van der Waals surface area (Å²) < 4.78 is 26.9. The number of nitriles is 1. The second-order valence-corrected chi connectivity index (χ2v) is 7.87. The van der Waals surface area contributed by atoms with Gasteiger partial charge in [-0.3, -0.25) is 4.79 Å². The summed E-state index contributed by atoms with van der Waals surface area (Å²) in [5, 5.41) is 8.93. The number of nitrogens with one attached hydrogen (secondary N) is 1. The van der Waals surface area contributed by atoms with Gasteiger partial charge in [0.2, 0.25) is 15.9 Å². The van der Waals surface area contributed by atoms with Crippen molar-refractivity contribution in [3.05, 3.63) is 28.8 Å². The lowest BCUT2D eigenvalue weighted by atomic mass is 10.2. The van der Waals surface area contributed by atoms with Crippen LogP contribution < -0.4 is 4.72 Å². The first-order chi connectivity index (χ1) is 11.4. The highest BCUT2D eigenvalue weighted by molar-refractivity contribution is 7.89. The molecule has 0 spiro atoms. The number of hydrogen-bond donors (Lipinski definition) is 1. The predicted octanol–water partition coefficient (Wildman–Crippen LogP) is 2.28. The van der Waals surface area contributed by atoms with Crippen LogP contribution in [0.25, 0.3) is 0 Å². The molecule has 0 unspecified atom stereocenters. The standard InChI is InChI=1S/C16H20ClN3O3S/c17-15-11-14(7-6-13(15)12-18)24(22,23)19-8-4-10-20-9-3-1-2-5-16(20)21/h6-7,11,19H,1-5,8-10H2. The molecule has 2 rings (SSSR count). The van der Waals surface area contributed by atoms with Crippen LogP contribution in [0, 0.1) is 11.3 Å². The number of nitrogens with zero attached hydrogens (tertiary/aromatic N) is 2. The van der Waals surface area contributed by atoms with Crippen molar-refractivity contribution in [2.24, 2.45) is 0 Å². The summed E-state index contributed by atoms with van der Waals surface area (Å²) in [5.74, 6) is 0.147. The van der Waals surface area contributed by atoms with E-state index in [2.05, 4.69) is 4.72 Å². The Balaban J connectivity index is 1.88. The van der Waals surface area contributed by atoms with Crippen molar-refractivity contribution in [2.75, 3.05) is 19.6 Å². The van der Waals surface area contributed by atoms with Gasteiger partial charge in [0.1, 0.15) is 6.07 Å². The number of amides is 1. The molecule has 1 aromatic rings. The van der Waals surface area contributed by atoms with Crippen LogP contribution in [0.5, 0.6) is 0 Å². The molecule has 0 bridgehead atoms. The van der Waals surface area contributed by atoms with Crippen LogP contribution in [0.3, 0.4) is 0 Å². The van der Waals surface area contributed by atoms with Crippen LogP contribution in [-0.4, -0.2) is 38.9 Å². The highest BCUT2D eigenvalue weighted by Crippen LogP contribution is 2.20. The SMILES string of the molecule is N#Cc1ccc(S(=O)(=O)NCCCN2CCCCCC2=O)cc1Cl. The fourth-order valence-electron chi connectivity index (χ4n) is 2.59. The van der Waals surface area contributed by atoms with E-state index in [-0.39, 0.29) is 27.9 Å². The molecule has 1 amide bonds. The van der Waals surface area contributed by atoms with Gasteiger partial charge in [0.25, 0.3) is 0 Å². The summed E-state index contributed by atoms with van der Waals surface area (Å²) >= 11 is 5.87. The average molecular weight is 370 g/mol. The van der Waals surface area contributed by atoms with Crippen LogP contribution in [0.4, 0.5) is 0 Å². The molecule has 0 aromatic heterocycles. The van der Waals surface area contributed by atoms with Gasteiger partial charge in [-0.2, -0.15) is 5.26 Å². The molecular formula is C16H20ClN3O3S. The second-order valence-electron chi connectivity index (χ2n) is 5.70. The van der Waals surface area contributed by atoms with Crippen LogP contribution in [-0.2, 0) is 14.8 Å². The molecule has 130 valence electrons. The fraction of sp³-hybridized carbons (Fsp3) is 0.500. The van der Waals surface area contributed by atoms with Gasteiger partial charge in [-0.15, -0.1) is 0 Å². The molecule has 1 N–H and O–H groups in total. The third-order valence-electron chi connectivity index (χ3n) is 3.94. The summed E-state index contributed by atoms with van der Waals surface area (Å²) in [5.41, 5.74) is 0.232. The Morgan fingerprint density at radius 1 is 1.29 bits per heavy atom.